The molecule has 2 rings (SSSR count). The molecule has 1 fully saturated rings. The first-order valence-corrected chi connectivity index (χ1v) is 10.0. The summed E-state index contributed by atoms with van der Waals surface area (Å²) in [5.41, 5.74) is 5.58. The smallest absolute Gasteiger partial charge is 0.241 e. The third-order valence-electron chi connectivity index (χ3n) is 4.39. The Bertz CT molecular complexity index is 558. The van der Waals surface area contributed by atoms with Crippen molar-refractivity contribution >= 4 is 21.4 Å². The van der Waals surface area contributed by atoms with E-state index in [2.05, 4.69) is 11.6 Å². The Morgan fingerprint density at radius 3 is 2.57 bits per heavy atom. The van der Waals surface area contributed by atoms with E-state index < -0.39 is 10.0 Å². The topological polar surface area (TPSA) is 72.2 Å². The molecule has 0 bridgehead atoms. The Hall–Kier alpha value is -0.430. The maximum Gasteiger partial charge on any atom is 0.241 e. The number of sulfonamides is 1. The number of hydrogen-bond donors (Lipinski definition) is 2. The summed E-state index contributed by atoms with van der Waals surface area (Å²) in [6, 6.07) is 1.70. The predicted octanol–water partition coefficient (Wildman–Crippen LogP) is 3.01. The third-order valence-corrected chi connectivity index (χ3v) is 7.18. The van der Waals surface area contributed by atoms with Crippen molar-refractivity contribution in [1.29, 1.82) is 0 Å². The molecule has 1 aliphatic carbocycles. The third kappa shape index (κ3) is 4.52. The van der Waals surface area contributed by atoms with Crippen molar-refractivity contribution in [1.82, 2.24) is 4.72 Å². The van der Waals surface area contributed by atoms with E-state index in [0.29, 0.717) is 23.9 Å². The zero-order valence-electron chi connectivity index (χ0n) is 12.9. The number of aryl methyl sites for hydroxylation is 1. The minimum atomic E-state index is -3.39. The molecule has 0 aliphatic heterocycles. The fourth-order valence-corrected chi connectivity index (χ4v) is 5.54. The van der Waals surface area contributed by atoms with Gasteiger partial charge in [0.1, 0.15) is 0 Å². The van der Waals surface area contributed by atoms with Crippen LogP contribution in [0.2, 0.25) is 0 Å². The lowest BCUT2D eigenvalue weighted by Gasteiger charge is -2.26. The summed E-state index contributed by atoms with van der Waals surface area (Å²) in [6.45, 7) is 5.06. The van der Waals surface area contributed by atoms with Gasteiger partial charge in [0.05, 0.1) is 4.90 Å². The lowest BCUT2D eigenvalue weighted by atomic mass is 9.81. The number of thiophene rings is 1. The molecule has 1 aromatic rings. The molecule has 1 saturated carbocycles. The quantitative estimate of drug-likeness (QED) is 0.842. The van der Waals surface area contributed by atoms with Gasteiger partial charge >= 0.3 is 0 Å². The molecule has 1 aromatic heterocycles. The van der Waals surface area contributed by atoms with Gasteiger partial charge in [-0.15, -0.1) is 11.3 Å². The van der Waals surface area contributed by atoms with Gasteiger partial charge in [-0.1, -0.05) is 32.6 Å². The van der Waals surface area contributed by atoms with Gasteiger partial charge in [0.2, 0.25) is 10.0 Å². The summed E-state index contributed by atoms with van der Waals surface area (Å²) in [5.74, 6) is 1.51. The minimum Gasteiger partial charge on any atom is -0.326 e. The molecule has 1 heterocycles. The molecule has 0 saturated heterocycles. The van der Waals surface area contributed by atoms with Crippen molar-refractivity contribution in [3.63, 3.8) is 0 Å². The molecule has 0 radical (unpaired) electrons. The second-order valence-corrected chi connectivity index (χ2v) is 9.23. The number of nitrogens with two attached hydrogens (primary N) is 1. The standard InChI is InChI=1S/C15H26N2O2S2/c1-11-3-5-13(6-4-11)7-8-17-21(18,19)15-9-14(10-16)20-12(15)2/h9,11,13,17H,3-8,10,16H2,1-2H3. The zero-order valence-corrected chi connectivity index (χ0v) is 14.5. The van der Waals surface area contributed by atoms with E-state index in [-0.39, 0.29) is 0 Å². The summed E-state index contributed by atoms with van der Waals surface area (Å²) < 4.78 is 27.4. The summed E-state index contributed by atoms with van der Waals surface area (Å²) in [5, 5.41) is 0. The Morgan fingerprint density at radius 1 is 1.33 bits per heavy atom. The molecule has 4 nitrogen and oxygen atoms in total. The molecular weight excluding hydrogens is 304 g/mol. The van der Waals surface area contributed by atoms with Gasteiger partial charge in [0, 0.05) is 22.8 Å². The van der Waals surface area contributed by atoms with Gasteiger partial charge in [-0.2, -0.15) is 0 Å². The van der Waals surface area contributed by atoms with Crippen molar-refractivity contribution in [3.05, 3.63) is 15.8 Å². The van der Waals surface area contributed by atoms with Crippen LogP contribution in [-0.4, -0.2) is 15.0 Å². The van der Waals surface area contributed by atoms with E-state index in [4.69, 9.17) is 5.73 Å². The second-order valence-electron chi connectivity index (χ2n) is 6.15. The van der Waals surface area contributed by atoms with Crippen LogP contribution < -0.4 is 10.5 Å². The predicted molar refractivity (Wildman–Crippen MR) is 87.9 cm³/mol. The van der Waals surface area contributed by atoms with Crippen molar-refractivity contribution in [3.8, 4) is 0 Å². The van der Waals surface area contributed by atoms with E-state index in [1.807, 2.05) is 6.92 Å². The Kier molecular flexibility index (Phi) is 5.82. The first-order chi connectivity index (χ1) is 9.92. The maximum atomic E-state index is 12.3. The summed E-state index contributed by atoms with van der Waals surface area (Å²) in [6.07, 6.45) is 5.97. The highest BCUT2D eigenvalue weighted by atomic mass is 32.2. The lowest BCUT2D eigenvalue weighted by Crippen LogP contribution is -2.27. The van der Waals surface area contributed by atoms with Crippen LogP contribution in [0.25, 0.3) is 0 Å². The molecule has 1 aliphatic rings. The molecule has 0 spiro atoms. The first-order valence-electron chi connectivity index (χ1n) is 7.71. The molecule has 21 heavy (non-hydrogen) atoms. The van der Waals surface area contributed by atoms with Crippen LogP contribution >= 0.6 is 11.3 Å². The largest absolute Gasteiger partial charge is 0.326 e. The molecule has 120 valence electrons. The van der Waals surface area contributed by atoms with Crippen LogP contribution in [0.4, 0.5) is 0 Å². The Balaban J connectivity index is 1.88. The SMILES string of the molecule is Cc1sc(CN)cc1S(=O)(=O)NCCC1CCC(C)CC1. The van der Waals surface area contributed by atoms with Gasteiger partial charge in [-0.05, 0) is 31.2 Å². The summed E-state index contributed by atoms with van der Waals surface area (Å²) in [7, 11) is -3.39. The van der Waals surface area contributed by atoms with E-state index in [1.54, 1.807) is 6.07 Å². The molecule has 0 amide bonds. The molecule has 3 N–H and O–H groups in total. The number of hydrogen-bond acceptors (Lipinski definition) is 4. The monoisotopic (exact) mass is 330 g/mol. The normalized spacial score (nSPS) is 23.4. The van der Waals surface area contributed by atoms with Gasteiger partial charge < -0.3 is 5.73 Å². The Labute approximate surface area is 132 Å². The summed E-state index contributed by atoms with van der Waals surface area (Å²) >= 11 is 1.46. The molecular formula is C15H26N2O2S2. The fourth-order valence-electron chi connectivity index (χ4n) is 2.98. The molecule has 0 unspecified atom stereocenters. The highest BCUT2D eigenvalue weighted by Crippen LogP contribution is 2.30. The van der Waals surface area contributed by atoms with Crippen LogP contribution in [0.15, 0.2) is 11.0 Å². The van der Waals surface area contributed by atoms with Crippen molar-refractivity contribution < 1.29 is 8.42 Å². The van der Waals surface area contributed by atoms with Crippen LogP contribution in [0.1, 0.15) is 48.8 Å². The van der Waals surface area contributed by atoms with E-state index in [0.717, 1.165) is 22.1 Å². The van der Waals surface area contributed by atoms with Gasteiger partial charge in [0.25, 0.3) is 0 Å². The van der Waals surface area contributed by atoms with Crippen LogP contribution in [0.5, 0.6) is 0 Å². The second kappa shape index (κ2) is 7.22. The first kappa shape index (κ1) is 16.9. The van der Waals surface area contributed by atoms with Crippen molar-refractivity contribution in [2.24, 2.45) is 17.6 Å². The molecule has 0 aromatic carbocycles. The molecule has 0 atom stereocenters. The van der Waals surface area contributed by atoms with E-state index in [1.165, 1.54) is 37.0 Å². The van der Waals surface area contributed by atoms with E-state index in [9.17, 15) is 8.42 Å². The average molecular weight is 331 g/mol. The zero-order chi connectivity index (χ0) is 15.5. The van der Waals surface area contributed by atoms with Crippen LogP contribution in [0, 0.1) is 18.8 Å². The maximum absolute atomic E-state index is 12.3. The van der Waals surface area contributed by atoms with Crippen LogP contribution in [0.3, 0.4) is 0 Å². The minimum absolute atomic E-state index is 0.390. The highest BCUT2D eigenvalue weighted by Gasteiger charge is 2.21. The van der Waals surface area contributed by atoms with Gasteiger partial charge in [-0.25, -0.2) is 13.1 Å². The Morgan fingerprint density at radius 2 is 2.00 bits per heavy atom. The van der Waals surface area contributed by atoms with Crippen molar-refractivity contribution in [2.45, 2.75) is 57.4 Å². The average Bonchev–Trinajstić information content (AvgIpc) is 2.83. The fraction of sp³-hybridized carbons (Fsp3) is 0.733. The lowest BCUT2D eigenvalue weighted by molar-refractivity contribution is 0.278. The molecule has 6 heteroatoms. The summed E-state index contributed by atoms with van der Waals surface area (Å²) in [4.78, 5) is 2.12. The van der Waals surface area contributed by atoms with Gasteiger partial charge in [0.15, 0.2) is 0 Å². The number of rotatable bonds is 6. The highest BCUT2D eigenvalue weighted by molar-refractivity contribution is 7.89. The van der Waals surface area contributed by atoms with Crippen LogP contribution in [-0.2, 0) is 16.6 Å². The van der Waals surface area contributed by atoms with Gasteiger partial charge in [-0.3, -0.25) is 0 Å². The van der Waals surface area contributed by atoms with Crippen molar-refractivity contribution in [2.75, 3.05) is 6.54 Å². The van der Waals surface area contributed by atoms with E-state index >= 15 is 0 Å². The number of nitrogens with one attached hydrogen (secondary N) is 1.